The van der Waals surface area contributed by atoms with Gasteiger partial charge in [0.25, 0.3) is 5.56 Å². The maximum atomic E-state index is 12.7. The van der Waals surface area contributed by atoms with Crippen molar-refractivity contribution >= 4 is 16.9 Å². The number of carbonyl (C=O) groups is 1. The van der Waals surface area contributed by atoms with E-state index in [0.717, 1.165) is 33.6 Å². The second-order valence-electron chi connectivity index (χ2n) is 6.64. The maximum absolute atomic E-state index is 12.7. The third-order valence-corrected chi connectivity index (χ3v) is 5.12. The van der Waals surface area contributed by atoms with E-state index in [1.807, 2.05) is 37.3 Å². The van der Waals surface area contributed by atoms with Gasteiger partial charge in [0, 0.05) is 17.0 Å². The first-order valence-electron chi connectivity index (χ1n) is 8.86. The molecule has 6 heteroatoms. The molecule has 0 N–H and O–H groups in total. The third-order valence-electron chi connectivity index (χ3n) is 5.12. The number of pyridine rings is 2. The minimum Gasteiger partial charge on any atom is -0.497 e. The van der Waals surface area contributed by atoms with Gasteiger partial charge in [0.2, 0.25) is 0 Å². The minimum absolute atomic E-state index is 0.135. The molecule has 0 saturated carbocycles. The highest BCUT2D eigenvalue weighted by atomic mass is 16.5. The molecule has 1 aliphatic rings. The number of ether oxygens (including phenoxy) is 2. The van der Waals surface area contributed by atoms with Crippen LogP contribution in [0.2, 0.25) is 0 Å². The molecule has 0 fully saturated rings. The lowest BCUT2D eigenvalue weighted by molar-refractivity contribution is -0.142. The molecule has 6 nitrogen and oxygen atoms in total. The van der Waals surface area contributed by atoms with Crippen molar-refractivity contribution < 1.29 is 14.3 Å². The van der Waals surface area contributed by atoms with E-state index in [2.05, 4.69) is 0 Å². The number of esters is 1. The SMILES string of the molecule is CCC(C(=O)OC)c1cc2n(c(=O)c1)Cc1cc3cc(OC)ccc3nc1-2. The van der Waals surface area contributed by atoms with Crippen LogP contribution < -0.4 is 10.3 Å². The lowest BCUT2D eigenvalue weighted by Crippen LogP contribution is -2.22. The fraction of sp³-hybridized carbons (Fsp3) is 0.286. The molecule has 27 heavy (non-hydrogen) atoms. The van der Waals surface area contributed by atoms with Crippen LogP contribution in [0.15, 0.2) is 41.2 Å². The van der Waals surface area contributed by atoms with Gasteiger partial charge in [0.05, 0.1) is 43.6 Å². The quantitative estimate of drug-likeness (QED) is 0.521. The van der Waals surface area contributed by atoms with Crippen molar-refractivity contribution in [2.24, 2.45) is 0 Å². The second-order valence-corrected chi connectivity index (χ2v) is 6.64. The minimum atomic E-state index is -0.456. The number of rotatable bonds is 4. The van der Waals surface area contributed by atoms with Crippen LogP contribution in [0.5, 0.6) is 5.75 Å². The summed E-state index contributed by atoms with van der Waals surface area (Å²) < 4.78 is 11.9. The molecular weight excluding hydrogens is 344 g/mol. The molecule has 0 spiro atoms. The summed E-state index contributed by atoms with van der Waals surface area (Å²) in [7, 11) is 2.99. The lowest BCUT2D eigenvalue weighted by atomic mass is 9.96. The molecule has 3 heterocycles. The smallest absolute Gasteiger partial charge is 0.313 e. The molecule has 138 valence electrons. The summed E-state index contributed by atoms with van der Waals surface area (Å²) in [5.41, 5.74) is 3.88. The number of benzene rings is 1. The summed E-state index contributed by atoms with van der Waals surface area (Å²) >= 11 is 0. The highest BCUT2D eigenvalue weighted by Gasteiger charge is 2.26. The number of hydrogen-bond donors (Lipinski definition) is 0. The van der Waals surface area contributed by atoms with Gasteiger partial charge in [-0.3, -0.25) is 9.59 Å². The highest BCUT2D eigenvalue weighted by Crippen LogP contribution is 2.34. The van der Waals surface area contributed by atoms with Crippen molar-refractivity contribution in [1.82, 2.24) is 9.55 Å². The van der Waals surface area contributed by atoms with Crippen molar-refractivity contribution in [1.29, 1.82) is 0 Å². The molecule has 1 unspecified atom stereocenters. The highest BCUT2D eigenvalue weighted by molar-refractivity contribution is 5.85. The Kier molecular flexibility index (Phi) is 4.18. The molecular formula is C21H20N2O4. The van der Waals surface area contributed by atoms with Crippen LogP contribution in [0.4, 0.5) is 0 Å². The van der Waals surface area contributed by atoms with Crippen molar-refractivity contribution in [3.05, 3.63) is 57.9 Å². The van der Waals surface area contributed by atoms with E-state index in [4.69, 9.17) is 14.5 Å². The van der Waals surface area contributed by atoms with Crippen molar-refractivity contribution in [2.45, 2.75) is 25.8 Å². The summed E-state index contributed by atoms with van der Waals surface area (Å²) in [5.74, 6) is -0.0240. The van der Waals surface area contributed by atoms with Crippen LogP contribution in [0.25, 0.3) is 22.3 Å². The molecule has 4 rings (SSSR count). The van der Waals surface area contributed by atoms with Gasteiger partial charge in [-0.25, -0.2) is 4.98 Å². The number of carbonyl (C=O) groups excluding carboxylic acids is 1. The monoisotopic (exact) mass is 364 g/mol. The molecule has 0 radical (unpaired) electrons. The fourth-order valence-electron chi connectivity index (χ4n) is 3.70. The number of methoxy groups -OCH3 is 2. The van der Waals surface area contributed by atoms with Crippen LogP contribution >= 0.6 is 0 Å². The van der Waals surface area contributed by atoms with Gasteiger partial charge in [-0.1, -0.05) is 6.92 Å². The van der Waals surface area contributed by atoms with E-state index in [0.29, 0.717) is 18.5 Å². The molecule has 0 aliphatic carbocycles. The first-order valence-corrected chi connectivity index (χ1v) is 8.86. The summed E-state index contributed by atoms with van der Waals surface area (Å²) in [4.78, 5) is 29.5. The summed E-state index contributed by atoms with van der Waals surface area (Å²) in [6, 6.07) is 11.2. The third kappa shape index (κ3) is 2.77. The number of aromatic nitrogens is 2. The lowest BCUT2D eigenvalue weighted by Gasteiger charge is -2.14. The summed E-state index contributed by atoms with van der Waals surface area (Å²) in [5, 5.41) is 0.968. The molecule has 1 atom stereocenters. The molecule has 0 amide bonds. The van der Waals surface area contributed by atoms with E-state index in [1.165, 1.54) is 13.2 Å². The van der Waals surface area contributed by atoms with Gasteiger partial charge in [0.15, 0.2) is 0 Å². The number of fused-ring (bicyclic) bond motifs is 4. The molecule has 1 aromatic carbocycles. The van der Waals surface area contributed by atoms with Crippen LogP contribution in [-0.4, -0.2) is 29.7 Å². The Balaban J connectivity index is 1.88. The first kappa shape index (κ1) is 17.3. The van der Waals surface area contributed by atoms with Crippen LogP contribution in [0, 0.1) is 0 Å². The van der Waals surface area contributed by atoms with Gasteiger partial charge in [-0.15, -0.1) is 0 Å². The summed E-state index contributed by atoms with van der Waals surface area (Å²) in [6.07, 6.45) is 0.563. The van der Waals surface area contributed by atoms with E-state index in [9.17, 15) is 9.59 Å². The van der Waals surface area contributed by atoms with Crippen molar-refractivity contribution in [3.63, 3.8) is 0 Å². The Hall–Kier alpha value is -3.15. The topological polar surface area (TPSA) is 70.4 Å². The zero-order valence-electron chi connectivity index (χ0n) is 15.5. The summed E-state index contributed by atoms with van der Waals surface area (Å²) in [6.45, 7) is 2.37. The van der Waals surface area contributed by atoms with Gasteiger partial charge >= 0.3 is 5.97 Å². The van der Waals surface area contributed by atoms with Crippen LogP contribution in [-0.2, 0) is 16.1 Å². The Morgan fingerprint density at radius 2 is 2.04 bits per heavy atom. The fourth-order valence-corrected chi connectivity index (χ4v) is 3.70. The molecule has 0 saturated heterocycles. The normalized spacial score (nSPS) is 13.1. The van der Waals surface area contributed by atoms with E-state index in [-0.39, 0.29) is 11.5 Å². The predicted octanol–water partition coefficient (Wildman–Crippen LogP) is 3.10. The number of hydrogen-bond acceptors (Lipinski definition) is 5. The number of nitrogens with zero attached hydrogens (tertiary/aromatic N) is 2. The average Bonchev–Trinajstić information content (AvgIpc) is 3.04. The Labute approximate surface area is 156 Å². The van der Waals surface area contributed by atoms with Crippen LogP contribution in [0.3, 0.4) is 0 Å². The van der Waals surface area contributed by atoms with E-state index in [1.54, 1.807) is 11.7 Å². The standard InChI is InChI=1S/C21H20N2O4/c1-4-16(21(25)27-3)12-9-18-20-14(11-23(18)19(24)10-12)7-13-8-15(26-2)5-6-17(13)22-20/h5-10,16H,4,11H2,1-3H3. The Morgan fingerprint density at radius 3 is 2.74 bits per heavy atom. The van der Waals surface area contributed by atoms with Gasteiger partial charge in [-0.2, -0.15) is 0 Å². The Morgan fingerprint density at radius 1 is 1.22 bits per heavy atom. The van der Waals surface area contributed by atoms with E-state index >= 15 is 0 Å². The van der Waals surface area contributed by atoms with Gasteiger partial charge in [0.1, 0.15) is 5.75 Å². The molecule has 1 aliphatic heterocycles. The molecule has 0 bridgehead atoms. The second kappa shape index (κ2) is 6.54. The maximum Gasteiger partial charge on any atom is 0.313 e. The van der Waals surface area contributed by atoms with Crippen molar-refractivity contribution in [3.8, 4) is 17.1 Å². The van der Waals surface area contributed by atoms with Crippen LogP contribution in [0.1, 0.15) is 30.4 Å². The first-order chi connectivity index (χ1) is 13.0. The van der Waals surface area contributed by atoms with Crippen molar-refractivity contribution in [2.75, 3.05) is 14.2 Å². The molecule has 3 aromatic rings. The Bertz CT molecular complexity index is 1120. The van der Waals surface area contributed by atoms with Gasteiger partial charge in [-0.05, 0) is 42.3 Å². The largest absolute Gasteiger partial charge is 0.497 e. The molecule has 2 aromatic heterocycles. The predicted molar refractivity (Wildman–Crippen MR) is 102 cm³/mol. The zero-order chi connectivity index (χ0) is 19.1. The van der Waals surface area contributed by atoms with Gasteiger partial charge < -0.3 is 14.0 Å². The zero-order valence-corrected chi connectivity index (χ0v) is 15.5. The average molecular weight is 364 g/mol. The van der Waals surface area contributed by atoms with E-state index < -0.39 is 5.92 Å².